The topological polar surface area (TPSA) is 85.6 Å². The van der Waals surface area contributed by atoms with Crippen LogP contribution in [0.25, 0.3) is 0 Å². The van der Waals surface area contributed by atoms with Gasteiger partial charge in [0, 0.05) is 5.34 Å². The van der Waals surface area contributed by atoms with E-state index >= 15 is 0 Å². The van der Waals surface area contributed by atoms with Gasteiger partial charge in [-0.1, -0.05) is 0 Å². The molecule has 3 N–H and O–H groups in total. The molecule has 0 radical (unpaired) electrons. The molecule has 32 valence electrons. The van der Waals surface area contributed by atoms with Gasteiger partial charge in [0.2, 0.25) is 0 Å². The number of nitrogens with one attached hydrogen (secondary N) is 1. The highest BCUT2D eigenvalue weighted by molar-refractivity contribution is 5.75. The molecule has 0 saturated carbocycles. The second-order valence-corrected chi connectivity index (χ2v) is 0.0833. The summed E-state index contributed by atoms with van der Waals surface area (Å²) in [5.41, 5.74) is 0. The van der Waals surface area contributed by atoms with Crippen molar-refractivity contribution in [1.82, 2.24) is 0 Å². The van der Waals surface area contributed by atoms with Gasteiger partial charge in [0.1, 0.15) is 0 Å². The van der Waals surface area contributed by atoms with E-state index in [0.29, 0.717) is 0 Å². The minimum absolute atomic E-state index is 0. The molecule has 0 unspecified atom stereocenters. The predicted molar refractivity (Wildman–Crippen MR) is 21.2 cm³/mol. The number of hydrogen-bond donors (Lipinski definition) is 1. The van der Waals surface area contributed by atoms with Crippen LogP contribution in [0.4, 0.5) is 0 Å². The Hall–Kier alpha value is -0.108. The molecule has 0 saturated heterocycles. The van der Waals surface area contributed by atoms with Crippen molar-refractivity contribution in [1.29, 1.82) is 0 Å². The van der Waals surface area contributed by atoms with Crippen LogP contribution >= 0.6 is 0 Å². The van der Waals surface area contributed by atoms with E-state index in [4.69, 9.17) is 10.1 Å². The highest BCUT2D eigenvalue weighted by atomic mass is 27.0. The van der Waals surface area contributed by atoms with Crippen LogP contribution in [0.5, 0.6) is 0 Å². The molecule has 0 bridgehead atoms. The molecule has 0 aliphatic rings. The molecule has 0 aromatic rings. The van der Waals surface area contributed by atoms with Gasteiger partial charge in [-0.2, -0.15) is 0 Å². The summed E-state index contributed by atoms with van der Waals surface area (Å²) in [4.78, 5) is 8.12. The second-order valence-electron chi connectivity index (χ2n) is 0.0833. The van der Waals surface area contributed by atoms with Crippen LogP contribution in [-0.2, 0) is 0 Å². The summed E-state index contributed by atoms with van der Waals surface area (Å²) in [5, 5.41) is 8.38. The predicted octanol–water partition coefficient (Wildman–Crippen LogP) is -3.68. The van der Waals surface area contributed by atoms with Crippen LogP contribution in [-0.4, -0.2) is 22.8 Å². The summed E-state index contributed by atoms with van der Waals surface area (Å²) in [5.74, 6) is 0. The molecule has 5 heavy (non-hydrogen) atoms. The standard InChI is InChI=1S/Al.HNO2.H2O.3H/c;2-1-3;;;;/h;1H;1H2;;;. The van der Waals surface area contributed by atoms with Gasteiger partial charge in [-0.05, 0) is 0 Å². The Morgan fingerprint density at radius 1 is 1.60 bits per heavy atom. The van der Waals surface area contributed by atoms with Gasteiger partial charge in [-0.25, -0.2) is 0 Å². The molecular formula is H6AlNO3. The van der Waals surface area contributed by atoms with Crippen LogP contribution in [0.15, 0.2) is 0 Å². The van der Waals surface area contributed by atoms with Gasteiger partial charge in [0.05, 0.1) is 0 Å². The molecule has 0 spiro atoms. The van der Waals surface area contributed by atoms with Crippen LogP contribution in [0.3, 0.4) is 0 Å². The SMILES string of the molecule is O.O=[NH+][O-].[AlH3]. The summed E-state index contributed by atoms with van der Waals surface area (Å²) in [7, 11) is 0. The normalized spacial score (nSPS) is 2.40. The molecule has 0 rings (SSSR count). The Bertz CT molecular complexity index is 14.4. The Balaban J connectivity index is -0.0000000200. The monoisotopic (exact) mass is 95.0 g/mol. The van der Waals surface area contributed by atoms with E-state index in [1.807, 2.05) is 0 Å². The fourth-order valence-electron chi connectivity index (χ4n) is 0. The zero-order valence-electron chi connectivity index (χ0n) is 1.82. The number of hydrogen-bond acceptors (Lipinski definition) is 2. The summed E-state index contributed by atoms with van der Waals surface area (Å²) < 4.78 is 0. The van der Waals surface area contributed by atoms with Gasteiger partial charge in [0.15, 0.2) is 17.4 Å². The summed E-state index contributed by atoms with van der Waals surface area (Å²) in [6.07, 6.45) is 0. The van der Waals surface area contributed by atoms with Gasteiger partial charge < -0.3 is 5.48 Å². The van der Waals surface area contributed by atoms with Gasteiger partial charge in [0.25, 0.3) is 0 Å². The Morgan fingerprint density at radius 2 is 1.60 bits per heavy atom. The van der Waals surface area contributed by atoms with E-state index in [9.17, 15) is 0 Å². The molecule has 0 amide bonds. The summed E-state index contributed by atoms with van der Waals surface area (Å²) in [6.45, 7) is 0. The first-order chi connectivity index (χ1) is 1.41. The molecular weight excluding hydrogens is 89.0 g/mol. The third-order valence-corrected chi connectivity index (χ3v) is 0. The maximum absolute atomic E-state index is 8.12. The van der Waals surface area contributed by atoms with E-state index in [2.05, 4.69) is 0 Å². The number of rotatable bonds is 0. The molecule has 0 atom stereocenters. The van der Waals surface area contributed by atoms with Crippen LogP contribution in [0.2, 0.25) is 0 Å². The van der Waals surface area contributed by atoms with E-state index in [0.717, 1.165) is 0 Å². The zero-order valence-corrected chi connectivity index (χ0v) is 1.82. The Labute approximate surface area is 39.2 Å². The van der Waals surface area contributed by atoms with E-state index in [-0.39, 0.29) is 28.2 Å². The minimum atomic E-state index is 0. The molecule has 0 heterocycles. The fraction of sp³-hybridized carbons (Fsp3) is 0. The van der Waals surface area contributed by atoms with E-state index < -0.39 is 0 Å². The zero-order chi connectivity index (χ0) is 2.71. The lowest BCUT2D eigenvalue weighted by atomic mass is 13.4. The smallest absolute Gasteiger partial charge is 0.187 e. The van der Waals surface area contributed by atoms with Crippen molar-refractivity contribution in [3.63, 3.8) is 0 Å². The molecule has 0 aromatic heterocycles. The largest absolute Gasteiger partial charge is 0.412 e. The van der Waals surface area contributed by atoms with Crippen molar-refractivity contribution < 1.29 is 10.8 Å². The highest BCUT2D eigenvalue weighted by Crippen LogP contribution is 0.618. The molecule has 4 nitrogen and oxygen atoms in total. The van der Waals surface area contributed by atoms with Crippen LogP contribution in [0, 0.1) is 10.1 Å². The third kappa shape index (κ3) is 1210. The van der Waals surface area contributed by atoms with E-state index in [1.165, 1.54) is 0 Å². The summed E-state index contributed by atoms with van der Waals surface area (Å²) in [6, 6.07) is 0. The van der Waals surface area contributed by atoms with Crippen molar-refractivity contribution in [3.8, 4) is 0 Å². The van der Waals surface area contributed by atoms with E-state index in [1.54, 1.807) is 0 Å². The van der Waals surface area contributed by atoms with Crippen molar-refractivity contribution in [2.24, 2.45) is 0 Å². The van der Waals surface area contributed by atoms with Gasteiger partial charge in [-0.3, -0.25) is 10.1 Å². The Kier molecular flexibility index (Phi) is 169. The lowest BCUT2D eigenvalue weighted by molar-refractivity contribution is -0.398. The van der Waals surface area contributed by atoms with Crippen molar-refractivity contribution in [3.05, 3.63) is 10.1 Å². The lowest BCUT2D eigenvalue weighted by Gasteiger charge is -1.36. The first-order valence-corrected chi connectivity index (χ1v) is 0.408. The third-order valence-electron chi connectivity index (χ3n) is 0. The molecule has 0 aliphatic heterocycles. The molecule has 0 fully saturated rings. The fourth-order valence-corrected chi connectivity index (χ4v) is 0. The lowest BCUT2D eigenvalue weighted by Crippen LogP contribution is -2.53. The summed E-state index contributed by atoms with van der Waals surface area (Å²) >= 11 is 0. The van der Waals surface area contributed by atoms with Crippen LogP contribution in [0.1, 0.15) is 0 Å². The first kappa shape index (κ1) is 20.7. The minimum Gasteiger partial charge on any atom is -0.412 e. The molecule has 0 aliphatic carbocycles. The van der Waals surface area contributed by atoms with Gasteiger partial charge >= 0.3 is 0 Å². The van der Waals surface area contributed by atoms with Crippen LogP contribution < -0.4 is 5.34 Å². The molecule has 5 heteroatoms. The second kappa shape index (κ2) is 40.9. The first-order valence-electron chi connectivity index (χ1n) is 0.408. The van der Waals surface area contributed by atoms with Crippen molar-refractivity contribution in [2.75, 3.05) is 0 Å². The van der Waals surface area contributed by atoms with Crippen molar-refractivity contribution in [2.45, 2.75) is 0 Å². The maximum Gasteiger partial charge on any atom is 0.187 e. The Morgan fingerprint density at radius 3 is 1.60 bits per heavy atom. The quantitative estimate of drug-likeness (QED) is 0.191. The molecule has 0 aromatic carbocycles. The van der Waals surface area contributed by atoms with Crippen molar-refractivity contribution >= 4 is 17.4 Å². The average Bonchev–Trinajstić information content (AvgIpc) is 0.918. The highest BCUT2D eigenvalue weighted by Gasteiger charge is 1.10. The van der Waals surface area contributed by atoms with Gasteiger partial charge in [-0.15, -0.1) is 0 Å². The maximum atomic E-state index is 8.12. The average molecular weight is 95.0 g/mol.